The Balaban J connectivity index is 1.80. The zero-order valence-corrected chi connectivity index (χ0v) is 13.3. The number of nitrogens with one attached hydrogen (secondary N) is 1. The van der Waals surface area contributed by atoms with Gasteiger partial charge in [-0.25, -0.2) is 5.43 Å². The highest BCUT2D eigenvalue weighted by Crippen LogP contribution is 2.16. The number of rotatable bonds is 5. The lowest BCUT2D eigenvalue weighted by Gasteiger charge is -2.07. The van der Waals surface area contributed by atoms with Crippen LogP contribution < -0.4 is 10.2 Å². The predicted octanol–water partition coefficient (Wildman–Crippen LogP) is 3.19. The maximum Gasteiger partial charge on any atom is 0.277 e. The number of benzene rings is 1. The molecule has 0 aliphatic heterocycles. The molecule has 1 amide bonds. The van der Waals surface area contributed by atoms with Crippen molar-refractivity contribution in [1.82, 2.24) is 5.43 Å². The Morgan fingerprint density at radius 1 is 1.33 bits per heavy atom. The molecule has 0 unspecified atom stereocenters. The monoisotopic (exact) mass is 350 g/mol. The van der Waals surface area contributed by atoms with Crippen LogP contribution in [0.5, 0.6) is 5.75 Å². The van der Waals surface area contributed by atoms with E-state index in [1.807, 2.05) is 32.0 Å². The fraction of sp³-hybridized carbons (Fsp3) is 0.200. The van der Waals surface area contributed by atoms with Crippen molar-refractivity contribution in [1.29, 1.82) is 0 Å². The van der Waals surface area contributed by atoms with Gasteiger partial charge < -0.3 is 9.15 Å². The third-order valence-corrected chi connectivity index (χ3v) is 2.97. The number of hydrogen-bond acceptors (Lipinski definition) is 4. The highest BCUT2D eigenvalue weighted by Gasteiger charge is 2.03. The second-order valence-corrected chi connectivity index (χ2v) is 5.33. The number of aryl methyl sites for hydroxylation is 2. The van der Waals surface area contributed by atoms with E-state index >= 15 is 0 Å². The second-order valence-electron chi connectivity index (χ2n) is 4.55. The van der Waals surface area contributed by atoms with Gasteiger partial charge in [0.1, 0.15) is 11.5 Å². The molecule has 0 radical (unpaired) electrons. The highest BCUT2D eigenvalue weighted by molar-refractivity contribution is 9.10. The van der Waals surface area contributed by atoms with Crippen LogP contribution in [0.25, 0.3) is 0 Å². The summed E-state index contributed by atoms with van der Waals surface area (Å²) in [5.74, 6) is 0.870. The van der Waals surface area contributed by atoms with Crippen molar-refractivity contribution in [3.63, 3.8) is 0 Å². The van der Waals surface area contributed by atoms with E-state index in [1.54, 1.807) is 12.1 Å². The summed E-state index contributed by atoms with van der Waals surface area (Å²) < 4.78 is 11.2. The van der Waals surface area contributed by atoms with Crippen molar-refractivity contribution < 1.29 is 13.9 Å². The average Bonchev–Trinajstić information content (AvgIpc) is 2.81. The molecule has 110 valence electrons. The van der Waals surface area contributed by atoms with Gasteiger partial charge in [0.05, 0.1) is 6.21 Å². The molecule has 1 aromatic carbocycles. The van der Waals surface area contributed by atoms with Crippen molar-refractivity contribution in [3.8, 4) is 5.75 Å². The molecule has 0 saturated heterocycles. The molecule has 2 rings (SSSR count). The molecule has 0 spiro atoms. The van der Waals surface area contributed by atoms with Gasteiger partial charge in [-0.3, -0.25) is 4.79 Å². The maximum absolute atomic E-state index is 11.6. The largest absolute Gasteiger partial charge is 0.484 e. The van der Waals surface area contributed by atoms with Gasteiger partial charge in [-0.1, -0.05) is 6.07 Å². The Labute approximate surface area is 131 Å². The zero-order chi connectivity index (χ0) is 15.2. The summed E-state index contributed by atoms with van der Waals surface area (Å²) in [6.45, 7) is 3.86. The third-order valence-electron chi connectivity index (χ3n) is 2.54. The highest BCUT2D eigenvalue weighted by atomic mass is 79.9. The first-order valence-corrected chi connectivity index (χ1v) is 7.10. The van der Waals surface area contributed by atoms with E-state index in [4.69, 9.17) is 9.15 Å². The van der Waals surface area contributed by atoms with Crippen molar-refractivity contribution in [3.05, 3.63) is 51.9 Å². The van der Waals surface area contributed by atoms with E-state index in [2.05, 4.69) is 26.5 Å². The van der Waals surface area contributed by atoms with Gasteiger partial charge in [-0.05, 0) is 65.2 Å². The molecule has 0 fully saturated rings. The van der Waals surface area contributed by atoms with Crippen LogP contribution in [0.15, 0.2) is 44.5 Å². The molecular formula is C15H15BrN2O3. The summed E-state index contributed by atoms with van der Waals surface area (Å²) in [6, 6.07) is 9.27. The topological polar surface area (TPSA) is 63.8 Å². The summed E-state index contributed by atoms with van der Waals surface area (Å²) in [5, 5.41) is 3.78. The van der Waals surface area contributed by atoms with Crippen LogP contribution in [0.4, 0.5) is 0 Å². The number of hydrazone groups is 1. The SMILES string of the molecule is Cc1cc(C)cc(OCC(=O)NN=Cc2ccc(Br)o2)c1. The number of nitrogens with zero attached hydrogens (tertiary/aromatic N) is 1. The van der Waals surface area contributed by atoms with Gasteiger partial charge in [-0.15, -0.1) is 0 Å². The van der Waals surface area contributed by atoms with Crippen molar-refractivity contribution in [2.45, 2.75) is 13.8 Å². The van der Waals surface area contributed by atoms with Gasteiger partial charge >= 0.3 is 0 Å². The van der Waals surface area contributed by atoms with Crippen molar-refractivity contribution >= 4 is 28.1 Å². The van der Waals surface area contributed by atoms with Gasteiger partial charge in [-0.2, -0.15) is 5.10 Å². The number of halogens is 1. The normalized spacial score (nSPS) is 10.8. The fourth-order valence-electron chi connectivity index (χ4n) is 1.76. The number of furan rings is 1. The van der Waals surface area contributed by atoms with Gasteiger partial charge in [0, 0.05) is 0 Å². The van der Waals surface area contributed by atoms with Crippen LogP contribution in [0.1, 0.15) is 16.9 Å². The number of ether oxygens (including phenoxy) is 1. The molecule has 0 atom stereocenters. The molecule has 1 N–H and O–H groups in total. The standard InChI is InChI=1S/C15H15BrN2O3/c1-10-5-11(2)7-13(6-10)20-9-15(19)18-17-8-12-3-4-14(16)21-12/h3-8H,9H2,1-2H3,(H,18,19). The lowest BCUT2D eigenvalue weighted by molar-refractivity contribution is -0.123. The number of amides is 1. The molecule has 0 aliphatic rings. The van der Waals surface area contributed by atoms with Crippen LogP contribution in [0.2, 0.25) is 0 Å². The van der Waals surface area contributed by atoms with Crippen LogP contribution >= 0.6 is 15.9 Å². The minimum Gasteiger partial charge on any atom is -0.484 e. The minimum absolute atomic E-state index is 0.0952. The van der Waals surface area contributed by atoms with Gasteiger partial charge in [0.15, 0.2) is 11.3 Å². The summed E-state index contributed by atoms with van der Waals surface area (Å²) in [6.07, 6.45) is 1.42. The Morgan fingerprint density at radius 3 is 2.67 bits per heavy atom. The molecule has 2 aromatic rings. The number of carbonyl (C=O) groups is 1. The summed E-state index contributed by atoms with van der Waals surface area (Å²) in [5.41, 5.74) is 4.55. The van der Waals surface area contributed by atoms with Crippen molar-refractivity contribution in [2.24, 2.45) is 5.10 Å². The van der Waals surface area contributed by atoms with E-state index in [0.29, 0.717) is 16.2 Å². The Bertz CT molecular complexity index is 644. The predicted molar refractivity (Wildman–Crippen MR) is 83.6 cm³/mol. The Morgan fingerprint density at radius 2 is 2.05 bits per heavy atom. The molecule has 5 nitrogen and oxygen atoms in total. The average molecular weight is 351 g/mol. The van der Waals surface area contributed by atoms with E-state index in [0.717, 1.165) is 11.1 Å². The first-order valence-electron chi connectivity index (χ1n) is 6.31. The third kappa shape index (κ3) is 5.07. The van der Waals surface area contributed by atoms with E-state index in [9.17, 15) is 4.79 Å². The zero-order valence-electron chi connectivity index (χ0n) is 11.7. The van der Waals surface area contributed by atoms with Gasteiger partial charge in [0.25, 0.3) is 5.91 Å². The fourth-order valence-corrected chi connectivity index (χ4v) is 2.08. The lowest BCUT2D eigenvalue weighted by Crippen LogP contribution is -2.24. The first kappa shape index (κ1) is 15.3. The lowest BCUT2D eigenvalue weighted by atomic mass is 10.1. The number of hydrogen-bond donors (Lipinski definition) is 1. The molecule has 1 aromatic heterocycles. The van der Waals surface area contributed by atoms with Crippen LogP contribution in [-0.4, -0.2) is 18.7 Å². The Hall–Kier alpha value is -2.08. The first-order chi connectivity index (χ1) is 10.0. The number of carbonyl (C=O) groups excluding carboxylic acids is 1. The molecule has 6 heteroatoms. The van der Waals surface area contributed by atoms with Crippen LogP contribution in [0.3, 0.4) is 0 Å². The molecule has 0 saturated carbocycles. The van der Waals surface area contributed by atoms with Crippen LogP contribution in [0, 0.1) is 13.8 Å². The smallest absolute Gasteiger partial charge is 0.277 e. The molecule has 21 heavy (non-hydrogen) atoms. The van der Waals surface area contributed by atoms with E-state index < -0.39 is 0 Å². The van der Waals surface area contributed by atoms with Gasteiger partial charge in [0.2, 0.25) is 0 Å². The summed E-state index contributed by atoms with van der Waals surface area (Å²) in [7, 11) is 0. The Kier molecular flexibility index (Phi) is 5.16. The summed E-state index contributed by atoms with van der Waals surface area (Å²) in [4.78, 5) is 11.6. The van der Waals surface area contributed by atoms with E-state index in [-0.39, 0.29) is 12.5 Å². The van der Waals surface area contributed by atoms with E-state index in [1.165, 1.54) is 6.21 Å². The second kappa shape index (κ2) is 7.08. The molecule has 0 aliphatic carbocycles. The quantitative estimate of drug-likeness (QED) is 0.665. The molecule has 1 heterocycles. The van der Waals surface area contributed by atoms with Crippen LogP contribution in [-0.2, 0) is 4.79 Å². The summed E-state index contributed by atoms with van der Waals surface area (Å²) >= 11 is 3.18. The van der Waals surface area contributed by atoms with Crippen molar-refractivity contribution in [2.75, 3.05) is 6.61 Å². The molecule has 0 bridgehead atoms. The molecular weight excluding hydrogens is 336 g/mol. The maximum atomic E-state index is 11.6. The minimum atomic E-state index is -0.337.